The highest BCUT2D eigenvalue weighted by molar-refractivity contribution is 9.10. The van der Waals surface area contributed by atoms with Gasteiger partial charge in [-0.1, -0.05) is 28.9 Å². The third-order valence-corrected chi connectivity index (χ3v) is 5.18. The van der Waals surface area contributed by atoms with Gasteiger partial charge >= 0.3 is 0 Å². The summed E-state index contributed by atoms with van der Waals surface area (Å²) in [4.78, 5) is 38.2. The highest BCUT2D eigenvalue weighted by atomic mass is 79.9. The standard InChI is InChI=1S/C18H21BrO3/c1-6-10-9-11(19)7-8-12(10)13-14(20)17(2,3)16(22)18(4,5)15(13)21/h7-9,13H,6H2,1-5H3. The zero-order chi connectivity index (χ0) is 16.9. The van der Waals surface area contributed by atoms with Crippen LogP contribution in [0.1, 0.15) is 51.7 Å². The highest BCUT2D eigenvalue weighted by Gasteiger charge is 2.58. The van der Waals surface area contributed by atoms with Crippen LogP contribution in [0.15, 0.2) is 22.7 Å². The quantitative estimate of drug-likeness (QED) is 0.748. The van der Waals surface area contributed by atoms with E-state index in [2.05, 4.69) is 15.9 Å². The van der Waals surface area contributed by atoms with Crippen LogP contribution in [0.3, 0.4) is 0 Å². The number of hydrogen-bond donors (Lipinski definition) is 0. The molecule has 0 heterocycles. The van der Waals surface area contributed by atoms with Crippen LogP contribution in [0.25, 0.3) is 0 Å². The first kappa shape index (κ1) is 17.1. The fourth-order valence-corrected chi connectivity index (χ4v) is 3.70. The Morgan fingerprint density at radius 1 is 1.00 bits per heavy atom. The van der Waals surface area contributed by atoms with Gasteiger partial charge < -0.3 is 0 Å². The average Bonchev–Trinajstić information content (AvgIpc) is 2.46. The predicted molar refractivity (Wildman–Crippen MR) is 88.8 cm³/mol. The number of rotatable bonds is 2. The molecular formula is C18H21BrO3. The Kier molecular flexibility index (Phi) is 4.20. The first-order valence-electron chi connectivity index (χ1n) is 7.47. The third-order valence-electron chi connectivity index (χ3n) is 4.69. The lowest BCUT2D eigenvalue weighted by atomic mass is 9.57. The number of ketones is 3. The second-order valence-electron chi connectivity index (χ2n) is 6.94. The van der Waals surface area contributed by atoms with Crippen LogP contribution in [0.4, 0.5) is 0 Å². The van der Waals surface area contributed by atoms with Crippen LogP contribution in [-0.2, 0) is 20.8 Å². The van der Waals surface area contributed by atoms with E-state index < -0.39 is 16.7 Å². The molecule has 0 spiro atoms. The van der Waals surface area contributed by atoms with Crippen LogP contribution < -0.4 is 0 Å². The van der Waals surface area contributed by atoms with Gasteiger partial charge in [-0.25, -0.2) is 0 Å². The molecule has 0 aromatic heterocycles. The molecule has 1 aliphatic carbocycles. The molecule has 0 amide bonds. The van der Waals surface area contributed by atoms with Crippen LogP contribution in [0, 0.1) is 10.8 Å². The number of benzene rings is 1. The van der Waals surface area contributed by atoms with E-state index in [1.165, 1.54) is 0 Å². The van der Waals surface area contributed by atoms with Crippen molar-refractivity contribution in [3.63, 3.8) is 0 Å². The van der Waals surface area contributed by atoms with Gasteiger partial charge in [0.25, 0.3) is 0 Å². The van der Waals surface area contributed by atoms with Crippen molar-refractivity contribution in [3.05, 3.63) is 33.8 Å². The monoisotopic (exact) mass is 364 g/mol. The van der Waals surface area contributed by atoms with E-state index in [4.69, 9.17) is 0 Å². The second-order valence-corrected chi connectivity index (χ2v) is 7.85. The average molecular weight is 365 g/mol. The van der Waals surface area contributed by atoms with Crippen molar-refractivity contribution in [1.29, 1.82) is 0 Å². The Hall–Kier alpha value is -1.29. The first-order valence-corrected chi connectivity index (χ1v) is 8.26. The van der Waals surface area contributed by atoms with Gasteiger partial charge in [0.15, 0.2) is 17.3 Å². The van der Waals surface area contributed by atoms with Gasteiger partial charge in [0.1, 0.15) is 5.92 Å². The molecule has 0 radical (unpaired) electrons. The molecule has 0 atom stereocenters. The van der Waals surface area contributed by atoms with E-state index >= 15 is 0 Å². The number of hydrogen-bond acceptors (Lipinski definition) is 3. The van der Waals surface area contributed by atoms with Crippen molar-refractivity contribution in [2.75, 3.05) is 0 Å². The normalized spacial score (nSPS) is 21.3. The summed E-state index contributed by atoms with van der Waals surface area (Å²) in [6, 6.07) is 5.60. The zero-order valence-electron chi connectivity index (χ0n) is 13.6. The lowest BCUT2D eigenvalue weighted by Crippen LogP contribution is -2.56. The summed E-state index contributed by atoms with van der Waals surface area (Å²) >= 11 is 3.42. The number of aryl methyl sites for hydroxylation is 1. The lowest BCUT2D eigenvalue weighted by Gasteiger charge is -2.41. The number of carbonyl (C=O) groups excluding carboxylic acids is 3. The van der Waals surface area contributed by atoms with Gasteiger partial charge in [-0.2, -0.15) is 0 Å². The SMILES string of the molecule is CCc1cc(Br)ccc1C1C(=O)C(C)(C)C(=O)C(C)(C)C1=O. The molecule has 3 nitrogen and oxygen atoms in total. The first-order chi connectivity index (χ1) is 10.0. The van der Waals surface area contributed by atoms with Crippen LogP contribution in [0.5, 0.6) is 0 Å². The molecule has 1 saturated carbocycles. The predicted octanol–water partition coefficient (Wildman–Crippen LogP) is 3.87. The van der Waals surface area contributed by atoms with Gasteiger partial charge in [0.2, 0.25) is 0 Å². The maximum absolute atomic E-state index is 12.9. The summed E-state index contributed by atoms with van der Waals surface area (Å²) in [5.41, 5.74) is -0.586. The minimum atomic E-state index is -1.14. The molecule has 0 saturated heterocycles. The fraction of sp³-hybridized carbons (Fsp3) is 0.500. The highest BCUT2D eigenvalue weighted by Crippen LogP contribution is 2.45. The summed E-state index contributed by atoms with van der Waals surface area (Å²) in [7, 11) is 0. The van der Waals surface area contributed by atoms with Crippen molar-refractivity contribution >= 4 is 33.3 Å². The van der Waals surface area contributed by atoms with E-state index in [0.717, 1.165) is 22.0 Å². The van der Waals surface area contributed by atoms with Gasteiger partial charge in [-0.3, -0.25) is 14.4 Å². The maximum Gasteiger partial charge on any atom is 0.160 e. The van der Waals surface area contributed by atoms with E-state index in [1.54, 1.807) is 27.7 Å². The Morgan fingerprint density at radius 3 is 1.95 bits per heavy atom. The minimum absolute atomic E-state index is 0.290. The summed E-state index contributed by atoms with van der Waals surface area (Å²) in [5.74, 6) is -1.73. The molecular weight excluding hydrogens is 344 g/mol. The number of halogens is 1. The third kappa shape index (κ3) is 2.37. The van der Waals surface area contributed by atoms with Gasteiger partial charge in [-0.05, 0) is 57.4 Å². The van der Waals surface area contributed by atoms with E-state index in [0.29, 0.717) is 0 Å². The van der Waals surface area contributed by atoms with Crippen LogP contribution >= 0.6 is 15.9 Å². The van der Waals surface area contributed by atoms with Crippen molar-refractivity contribution in [1.82, 2.24) is 0 Å². The molecule has 22 heavy (non-hydrogen) atoms. The number of Topliss-reactive ketones (excluding diaryl/α,β-unsaturated/α-hetero) is 3. The molecule has 2 rings (SSSR count). The van der Waals surface area contributed by atoms with E-state index in [-0.39, 0.29) is 17.3 Å². The van der Waals surface area contributed by atoms with Crippen LogP contribution in [0.2, 0.25) is 0 Å². The molecule has 0 aliphatic heterocycles. The zero-order valence-corrected chi connectivity index (χ0v) is 15.2. The molecule has 0 N–H and O–H groups in total. The molecule has 1 fully saturated rings. The summed E-state index contributed by atoms with van der Waals surface area (Å²) in [6.45, 7) is 8.50. The molecule has 1 aliphatic rings. The molecule has 118 valence electrons. The number of carbonyl (C=O) groups is 3. The Bertz CT molecular complexity index is 641. The van der Waals surface area contributed by atoms with Gasteiger partial charge in [0, 0.05) is 4.47 Å². The minimum Gasteiger partial charge on any atom is -0.298 e. The maximum atomic E-state index is 12.9. The summed E-state index contributed by atoms with van der Waals surface area (Å²) < 4.78 is 0.915. The van der Waals surface area contributed by atoms with Crippen molar-refractivity contribution in [3.8, 4) is 0 Å². The van der Waals surface area contributed by atoms with Crippen molar-refractivity contribution in [2.24, 2.45) is 10.8 Å². The molecule has 4 heteroatoms. The summed E-state index contributed by atoms with van der Waals surface area (Å²) in [5, 5.41) is 0. The van der Waals surface area contributed by atoms with E-state index in [1.807, 2.05) is 25.1 Å². The molecule has 0 bridgehead atoms. The molecule has 0 unspecified atom stereocenters. The lowest BCUT2D eigenvalue weighted by molar-refractivity contribution is -0.157. The Labute approximate surface area is 139 Å². The molecule has 1 aromatic carbocycles. The van der Waals surface area contributed by atoms with E-state index in [9.17, 15) is 14.4 Å². The van der Waals surface area contributed by atoms with Crippen molar-refractivity contribution in [2.45, 2.75) is 47.0 Å². The Balaban J connectivity index is 2.66. The fourth-order valence-electron chi connectivity index (χ4n) is 3.29. The topological polar surface area (TPSA) is 51.2 Å². The molecule has 1 aromatic rings. The van der Waals surface area contributed by atoms with Gasteiger partial charge in [0.05, 0.1) is 10.8 Å². The second kappa shape index (κ2) is 5.41. The van der Waals surface area contributed by atoms with Gasteiger partial charge in [-0.15, -0.1) is 0 Å². The van der Waals surface area contributed by atoms with Crippen LogP contribution in [-0.4, -0.2) is 17.3 Å². The largest absolute Gasteiger partial charge is 0.298 e. The van der Waals surface area contributed by atoms with Crippen molar-refractivity contribution < 1.29 is 14.4 Å². The summed E-state index contributed by atoms with van der Waals surface area (Å²) in [6.07, 6.45) is 0.723. The Morgan fingerprint density at radius 2 is 1.50 bits per heavy atom. The smallest absolute Gasteiger partial charge is 0.160 e.